The van der Waals surface area contributed by atoms with E-state index in [2.05, 4.69) is 4.98 Å². The zero-order valence-corrected chi connectivity index (χ0v) is 11.5. The maximum Gasteiger partial charge on any atom is 0.341 e. The van der Waals surface area contributed by atoms with Gasteiger partial charge in [0, 0.05) is 6.07 Å². The molecule has 0 fully saturated rings. The lowest BCUT2D eigenvalue weighted by Gasteiger charge is -2.08. The number of carboxylic acids is 1. The average molecular weight is 309 g/mol. The number of aromatic nitrogens is 1. The molecule has 7 nitrogen and oxygen atoms in total. The Morgan fingerprint density at radius 3 is 2.71 bits per heavy atom. The van der Waals surface area contributed by atoms with Gasteiger partial charge >= 0.3 is 11.7 Å². The number of nitro benzene ring substituents is 1. The first-order valence-corrected chi connectivity index (χ1v) is 6.09. The van der Waals surface area contributed by atoms with E-state index in [0.29, 0.717) is 5.56 Å². The highest BCUT2D eigenvalue weighted by atomic mass is 35.5. The maximum absolute atomic E-state index is 11.1. The summed E-state index contributed by atoms with van der Waals surface area (Å²) < 4.78 is 5.28. The molecule has 1 heterocycles. The minimum atomic E-state index is -1.27. The molecule has 1 aromatic heterocycles. The largest absolute Gasteiger partial charge is 0.477 e. The number of nitro groups is 1. The summed E-state index contributed by atoms with van der Waals surface area (Å²) in [6, 6.07) is 6.81. The van der Waals surface area contributed by atoms with Gasteiger partial charge in [0.15, 0.2) is 0 Å². The Hall–Kier alpha value is -2.67. The van der Waals surface area contributed by atoms with Crippen LogP contribution >= 0.6 is 11.6 Å². The molecule has 108 valence electrons. The van der Waals surface area contributed by atoms with Crippen molar-refractivity contribution in [1.82, 2.24) is 4.98 Å². The molecule has 0 unspecified atom stereocenters. The molecule has 0 bridgehead atoms. The van der Waals surface area contributed by atoms with Crippen molar-refractivity contribution in [2.75, 3.05) is 0 Å². The Balaban J connectivity index is 2.50. The fraction of sp³-hybridized carbons (Fsp3) is 0.0769. The molecule has 0 saturated carbocycles. The second-order valence-corrected chi connectivity index (χ2v) is 4.51. The fourth-order valence-corrected chi connectivity index (χ4v) is 1.76. The highest BCUT2D eigenvalue weighted by Crippen LogP contribution is 2.33. The molecule has 0 atom stereocenters. The van der Waals surface area contributed by atoms with Crippen LogP contribution in [0.15, 0.2) is 30.3 Å². The van der Waals surface area contributed by atoms with Crippen molar-refractivity contribution in [3.05, 3.63) is 56.7 Å². The van der Waals surface area contributed by atoms with Crippen molar-refractivity contribution in [2.24, 2.45) is 0 Å². The molecule has 0 spiro atoms. The highest BCUT2D eigenvalue weighted by molar-refractivity contribution is 6.29. The van der Waals surface area contributed by atoms with Gasteiger partial charge in [-0.05, 0) is 30.7 Å². The van der Waals surface area contributed by atoms with Crippen LogP contribution < -0.4 is 4.74 Å². The first-order valence-electron chi connectivity index (χ1n) is 5.71. The lowest BCUT2D eigenvalue weighted by atomic mass is 10.2. The molecule has 0 amide bonds. The van der Waals surface area contributed by atoms with Crippen molar-refractivity contribution >= 4 is 23.3 Å². The van der Waals surface area contributed by atoms with E-state index in [1.807, 2.05) is 0 Å². The van der Waals surface area contributed by atoms with Crippen LogP contribution in [0.5, 0.6) is 11.6 Å². The minimum absolute atomic E-state index is 0.0183. The summed E-state index contributed by atoms with van der Waals surface area (Å²) in [5, 5.41) is 20.1. The van der Waals surface area contributed by atoms with E-state index in [0.717, 1.165) is 0 Å². The monoisotopic (exact) mass is 308 g/mol. The second kappa shape index (κ2) is 5.76. The van der Waals surface area contributed by atoms with Gasteiger partial charge in [0.05, 0.1) is 4.92 Å². The standard InChI is InChI=1S/C13H9ClN2O5/c1-7-2-4-10(9(6-7)16(19)20)21-12-8(13(17)18)3-5-11(14)15-12/h2-6H,1H3,(H,17,18). The molecule has 8 heteroatoms. The fourth-order valence-electron chi connectivity index (χ4n) is 1.62. The Bertz CT molecular complexity index is 732. The second-order valence-electron chi connectivity index (χ2n) is 4.12. The number of aryl methyl sites for hydroxylation is 1. The van der Waals surface area contributed by atoms with Gasteiger partial charge in [-0.25, -0.2) is 9.78 Å². The van der Waals surface area contributed by atoms with E-state index in [4.69, 9.17) is 21.4 Å². The van der Waals surface area contributed by atoms with Crippen molar-refractivity contribution in [3.63, 3.8) is 0 Å². The molecule has 2 rings (SSSR count). The van der Waals surface area contributed by atoms with Crippen molar-refractivity contribution < 1.29 is 19.6 Å². The van der Waals surface area contributed by atoms with Crippen LogP contribution in [0.4, 0.5) is 5.69 Å². The predicted molar refractivity (Wildman–Crippen MR) is 74.1 cm³/mol. The number of carboxylic acid groups (broad SMARTS) is 1. The molecule has 0 aliphatic heterocycles. The van der Waals surface area contributed by atoms with Crippen LogP contribution in [-0.2, 0) is 0 Å². The lowest BCUT2D eigenvalue weighted by molar-refractivity contribution is -0.385. The summed E-state index contributed by atoms with van der Waals surface area (Å²) in [4.78, 5) is 25.2. The molecule has 0 aliphatic carbocycles. The average Bonchev–Trinajstić information content (AvgIpc) is 2.40. The van der Waals surface area contributed by atoms with Crippen LogP contribution in [0.3, 0.4) is 0 Å². The number of hydrogen-bond acceptors (Lipinski definition) is 5. The summed E-state index contributed by atoms with van der Waals surface area (Å²) >= 11 is 5.70. The van der Waals surface area contributed by atoms with Crippen LogP contribution in [0.1, 0.15) is 15.9 Å². The third-order valence-electron chi connectivity index (χ3n) is 2.57. The molecule has 1 aromatic carbocycles. The zero-order chi connectivity index (χ0) is 15.6. The van der Waals surface area contributed by atoms with Crippen molar-refractivity contribution in [1.29, 1.82) is 0 Å². The summed E-state index contributed by atoms with van der Waals surface area (Å²) in [6.07, 6.45) is 0. The number of pyridine rings is 1. The SMILES string of the molecule is Cc1ccc(Oc2nc(Cl)ccc2C(=O)O)c([N+](=O)[O-])c1. The summed E-state index contributed by atoms with van der Waals surface area (Å²) in [5.74, 6) is -1.69. The Morgan fingerprint density at radius 1 is 1.38 bits per heavy atom. The zero-order valence-electron chi connectivity index (χ0n) is 10.7. The van der Waals surface area contributed by atoms with Gasteiger partial charge < -0.3 is 9.84 Å². The Labute approximate surface area is 123 Å². The van der Waals surface area contributed by atoms with Gasteiger partial charge in [-0.3, -0.25) is 10.1 Å². The van der Waals surface area contributed by atoms with E-state index in [9.17, 15) is 14.9 Å². The van der Waals surface area contributed by atoms with Gasteiger partial charge in [0.25, 0.3) is 0 Å². The van der Waals surface area contributed by atoms with Crippen LogP contribution in [0.25, 0.3) is 0 Å². The smallest absolute Gasteiger partial charge is 0.341 e. The number of rotatable bonds is 4. The number of halogens is 1. The van der Waals surface area contributed by atoms with E-state index in [1.165, 1.54) is 24.3 Å². The van der Waals surface area contributed by atoms with E-state index in [1.54, 1.807) is 13.0 Å². The quantitative estimate of drug-likeness (QED) is 0.527. The number of ether oxygens (including phenoxy) is 1. The van der Waals surface area contributed by atoms with Gasteiger partial charge in [0.2, 0.25) is 11.6 Å². The summed E-state index contributed by atoms with van der Waals surface area (Å²) in [5.41, 5.74) is 0.147. The number of carbonyl (C=O) groups is 1. The molecule has 0 saturated heterocycles. The Morgan fingerprint density at radius 2 is 2.10 bits per heavy atom. The van der Waals surface area contributed by atoms with Gasteiger partial charge in [0.1, 0.15) is 10.7 Å². The Kier molecular flexibility index (Phi) is 4.04. The third-order valence-corrected chi connectivity index (χ3v) is 2.78. The number of hydrogen-bond donors (Lipinski definition) is 1. The minimum Gasteiger partial charge on any atom is -0.477 e. The van der Waals surface area contributed by atoms with E-state index >= 15 is 0 Å². The van der Waals surface area contributed by atoms with Crippen LogP contribution in [-0.4, -0.2) is 21.0 Å². The predicted octanol–water partition coefficient (Wildman–Crippen LogP) is 3.44. The van der Waals surface area contributed by atoms with Crippen molar-refractivity contribution in [3.8, 4) is 11.6 Å². The lowest BCUT2D eigenvalue weighted by Crippen LogP contribution is -2.03. The topological polar surface area (TPSA) is 103 Å². The summed E-state index contributed by atoms with van der Waals surface area (Å²) in [7, 11) is 0. The van der Waals surface area contributed by atoms with E-state index in [-0.39, 0.29) is 28.0 Å². The first-order chi connectivity index (χ1) is 9.88. The first kappa shape index (κ1) is 14.7. The normalized spacial score (nSPS) is 10.2. The molecule has 0 aliphatic rings. The molecular formula is C13H9ClN2O5. The number of nitrogens with zero attached hydrogens (tertiary/aromatic N) is 2. The van der Waals surface area contributed by atoms with Crippen LogP contribution in [0.2, 0.25) is 5.15 Å². The van der Waals surface area contributed by atoms with Gasteiger partial charge in [-0.15, -0.1) is 0 Å². The van der Waals surface area contributed by atoms with Crippen LogP contribution in [0, 0.1) is 17.0 Å². The van der Waals surface area contributed by atoms with Gasteiger partial charge in [-0.1, -0.05) is 17.7 Å². The maximum atomic E-state index is 11.1. The van der Waals surface area contributed by atoms with Gasteiger partial charge in [-0.2, -0.15) is 0 Å². The molecule has 21 heavy (non-hydrogen) atoms. The number of benzene rings is 1. The summed E-state index contributed by atoms with van der Waals surface area (Å²) in [6.45, 7) is 1.69. The molecule has 2 aromatic rings. The third kappa shape index (κ3) is 3.26. The number of aromatic carboxylic acids is 1. The molecule has 0 radical (unpaired) electrons. The van der Waals surface area contributed by atoms with E-state index < -0.39 is 10.9 Å². The highest BCUT2D eigenvalue weighted by Gasteiger charge is 2.20. The molecular weight excluding hydrogens is 300 g/mol. The van der Waals surface area contributed by atoms with Crippen molar-refractivity contribution in [2.45, 2.75) is 6.92 Å². The molecule has 1 N–H and O–H groups in total.